The van der Waals surface area contributed by atoms with Crippen LogP contribution in [0.3, 0.4) is 0 Å². The van der Waals surface area contributed by atoms with Crippen LogP contribution in [0.5, 0.6) is 0 Å². The van der Waals surface area contributed by atoms with Crippen molar-refractivity contribution in [2.45, 2.75) is 24.6 Å². The fourth-order valence-electron chi connectivity index (χ4n) is 2.99. The summed E-state index contributed by atoms with van der Waals surface area (Å²) in [7, 11) is -3.96. The number of sulfonamides is 1. The first-order chi connectivity index (χ1) is 12.4. The number of aromatic amines is 1. The summed E-state index contributed by atoms with van der Waals surface area (Å²) in [6.45, 7) is 0.819. The summed E-state index contributed by atoms with van der Waals surface area (Å²) in [4.78, 5) is 20.1. The van der Waals surface area contributed by atoms with Crippen molar-refractivity contribution in [2.75, 3.05) is 18.0 Å². The van der Waals surface area contributed by atoms with Gasteiger partial charge >= 0.3 is 0 Å². The Labute approximate surface area is 149 Å². The molecule has 7 nitrogen and oxygen atoms in total. The van der Waals surface area contributed by atoms with Crippen LogP contribution in [0.2, 0.25) is 0 Å². The van der Waals surface area contributed by atoms with E-state index in [1.54, 1.807) is 4.90 Å². The Hall–Kier alpha value is -2.33. The molecule has 1 aromatic heterocycles. The van der Waals surface area contributed by atoms with Crippen molar-refractivity contribution in [2.24, 2.45) is 0 Å². The highest BCUT2D eigenvalue weighted by molar-refractivity contribution is 7.88. The zero-order valence-corrected chi connectivity index (χ0v) is 14.6. The highest BCUT2D eigenvalue weighted by Crippen LogP contribution is 2.18. The lowest BCUT2D eigenvalue weighted by Crippen LogP contribution is -2.49. The van der Waals surface area contributed by atoms with Gasteiger partial charge in [-0.15, -0.1) is 0 Å². The van der Waals surface area contributed by atoms with Gasteiger partial charge in [-0.05, 0) is 25.0 Å². The molecule has 0 spiro atoms. The van der Waals surface area contributed by atoms with E-state index in [0.717, 1.165) is 12.1 Å². The number of hydrogen-bond donors (Lipinski definition) is 2. The van der Waals surface area contributed by atoms with Crippen molar-refractivity contribution in [3.8, 4) is 0 Å². The third-order valence-electron chi connectivity index (χ3n) is 4.15. The van der Waals surface area contributed by atoms with Crippen molar-refractivity contribution in [3.63, 3.8) is 0 Å². The third-order valence-corrected chi connectivity index (χ3v) is 5.51. The Morgan fingerprint density at radius 3 is 2.73 bits per heavy atom. The van der Waals surface area contributed by atoms with E-state index in [1.165, 1.54) is 18.5 Å². The number of hydrogen-bond acceptors (Lipinski definition) is 5. The Morgan fingerprint density at radius 2 is 2.04 bits per heavy atom. The number of anilines is 1. The molecule has 1 aromatic carbocycles. The van der Waals surface area contributed by atoms with Gasteiger partial charge in [0.1, 0.15) is 11.6 Å². The number of rotatable bonds is 5. The van der Waals surface area contributed by atoms with Crippen LogP contribution in [0, 0.1) is 11.6 Å². The number of H-pyrrole nitrogens is 1. The zero-order valence-electron chi connectivity index (χ0n) is 13.8. The van der Waals surface area contributed by atoms with Crippen molar-refractivity contribution in [1.29, 1.82) is 0 Å². The molecule has 2 heterocycles. The van der Waals surface area contributed by atoms with E-state index in [0.29, 0.717) is 19.4 Å². The van der Waals surface area contributed by atoms with E-state index in [4.69, 9.17) is 0 Å². The van der Waals surface area contributed by atoms with Crippen LogP contribution in [0.25, 0.3) is 0 Å². The fourth-order valence-corrected chi connectivity index (χ4v) is 4.43. The molecule has 2 N–H and O–H groups in total. The van der Waals surface area contributed by atoms with Gasteiger partial charge in [0.25, 0.3) is 5.56 Å². The van der Waals surface area contributed by atoms with Crippen molar-refractivity contribution >= 4 is 15.8 Å². The fraction of sp³-hybridized carbons (Fsp3) is 0.375. The summed E-state index contributed by atoms with van der Waals surface area (Å²) in [6.07, 6.45) is 4.07. The first-order valence-electron chi connectivity index (χ1n) is 8.07. The molecule has 0 bridgehead atoms. The number of halogens is 2. The molecule has 0 radical (unpaired) electrons. The smallest absolute Gasteiger partial charge is 0.290 e. The zero-order chi connectivity index (χ0) is 18.7. The quantitative estimate of drug-likeness (QED) is 0.806. The Balaban J connectivity index is 1.71. The summed E-state index contributed by atoms with van der Waals surface area (Å²) in [5.41, 5.74) is -0.849. The standard InChI is InChI=1S/C16H18F2N4O3S/c17-13-4-1-5-14(18)12(13)10-26(24,25)21-11-3-2-8-22(9-11)15-16(23)20-7-6-19-15/h1,4-7,11,21H,2-3,8-10H2,(H,20,23). The molecule has 1 saturated heterocycles. The average molecular weight is 384 g/mol. The van der Waals surface area contributed by atoms with Crippen LogP contribution in [0.1, 0.15) is 18.4 Å². The van der Waals surface area contributed by atoms with E-state index in [1.807, 2.05) is 0 Å². The number of nitrogens with zero attached hydrogens (tertiary/aromatic N) is 2. The summed E-state index contributed by atoms with van der Waals surface area (Å²) in [5.74, 6) is -2.37. The maximum absolute atomic E-state index is 13.7. The SMILES string of the molecule is O=c1[nH]ccnc1N1CCCC(NS(=O)(=O)Cc2c(F)cccc2F)C1. The molecular formula is C16H18F2N4O3S. The monoisotopic (exact) mass is 384 g/mol. The van der Waals surface area contributed by atoms with Crippen LogP contribution >= 0.6 is 0 Å². The minimum atomic E-state index is -3.96. The van der Waals surface area contributed by atoms with Crippen molar-refractivity contribution in [3.05, 3.63) is 58.1 Å². The van der Waals surface area contributed by atoms with E-state index in [2.05, 4.69) is 14.7 Å². The van der Waals surface area contributed by atoms with Gasteiger partial charge in [-0.3, -0.25) is 4.79 Å². The second-order valence-corrected chi connectivity index (χ2v) is 7.86. The molecule has 1 aliphatic heterocycles. The van der Waals surface area contributed by atoms with Crippen molar-refractivity contribution in [1.82, 2.24) is 14.7 Å². The molecule has 10 heteroatoms. The van der Waals surface area contributed by atoms with E-state index < -0.39 is 39.0 Å². The lowest BCUT2D eigenvalue weighted by Gasteiger charge is -2.33. The molecule has 1 atom stereocenters. The molecule has 1 unspecified atom stereocenters. The molecule has 1 fully saturated rings. The maximum Gasteiger partial charge on any atom is 0.290 e. The van der Waals surface area contributed by atoms with Gasteiger partial charge in [-0.25, -0.2) is 26.9 Å². The summed E-state index contributed by atoms with van der Waals surface area (Å²) < 4.78 is 54.5. The molecule has 26 heavy (non-hydrogen) atoms. The number of piperidine rings is 1. The summed E-state index contributed by atoms with van der Waals surface area (Å²) >= 11 is 0. The minimum absolute atomic E-state index is 0.219. The van der Waals surface area contributed by atoms with Gasteiger partial charge in [0, 0.05) is 37.1 Å². The first-order valence-corrected chi connectivity index (χ1v) is 9.72. The van der Waals surface area contributed by atoms with Crippen LogP contribution < -0.4 is 15.2 Å². The van der Waals surface area contributed by atoms with E-state index >= 15 is 0 Å². The Bertz CT molecular complexity index is 928. The first kappa shape index (κ1) is 18.5. The second-order valence-electron chi connectivity index (χ2n) is 6.10. The molecule has 0 aliphatic carbocycles. The van der Waals surface area contributed by atoms with Gasteiger partial charge in [-0.1, -0.05) is 6.07 Å². The highest BCUT2D eigenvalue weighted by atomic mass is 32.2. The van der Waals surface area contributed by atoms with Crippen LogP contribution in [-0.4, -0.2) is 37.5 Å². The van der Waals surface area contributed by atoms with Crippen molar-refractivity contribution < 1.29 is 17.2 Å². The lowest BCUT2D eigenvalue weighted by molar-refractivity contribution is 0.461. The third kappa shape index (κ3) is 4.25. The van der Waals surface area contributed by atoms with Gasteiger partial charge in [0.15, 0.2) is 5.82 Å². The highest BCUT2D eigenvalue weighted by Gasteiger charge is 2.27. The Kier molecular flexibility index (Phi) is 5.33. The van der Waals surface area contributed by atoms with Gasteiger partial charge in [0.2, 0.25) is 10.0 Å². The second kappa shape index (κ2) is 7.50. The summed E-state index contributed by atoms with van der Waals surface area (Å²) in [5, 5.41) is 0. The van der Waals surface area contributed by atoms with E-state index in [-0.39, 0.29) is 17.9 Å². The van der Waals surface area contributed by atoms with Crippen LogP contribution in [-0.2, 0) is 15.8 Å². The molecule has 0 amide bonds. The predicted octanol–water partition coefficient (Wildman–Crippen LogP) is 1.14. The minimum Gasteiger partial charge on any atom is -0.350 e. The molecule has 0 saturated carbocycles. The molecule has 2 aromatic rings. The summed E-state index contributed by atoms with van der Waals surface area (Å²) in [6, 6.07) is 2.73. The van der Waals surface area contributed by atoms with Gasteiger partial charge in [-0.2, -0.15) is 0 Å². The number of nitrogens with one attached hydrogen (secondary N) is 2. The molecule has 140 valence electrons. The van der Waals surface area contributed by atoms with Gasteiger partial charge in [0.05, 0.1) is 5.75 Å². The average Bonchev–Trinajstić information content (AvgIpc) is 2.58. The normalized spacial score (nSPS) is 18.1. The number of aromatic nitrogens is 2. The topological polar surface area (TPSA) is 95.2 Å². The Morgan fingerprint density at radius 1 is 1.31 bits per heavy atom. The maximum atomic E-state index is 13.7. The molecule has 1 aliphatic rings. The van der Waals surface area contributed by atoms with Crippen LogP contribution in [0.4, 0.5) is 14.6 Å². The van der Waals surface area contributed by atoms with Crippen LogP contribution in [0.15, 0.2) is 35.4 Å². The van der Waals surface area contributed by atoms with Gasteiger partial charge < -0.3 is 9.88 Å². The largest absolute Gasteiger partial charge is 0.350 e. The number of benzene rings is 1. The molecular weight excluding hydrogens is 366 g/mol. The lowest BCUT2D eigenvalue weighted by atomic mass is 10.1. The molecule has 3 rings (SSSR count). The predicted molar refractivity (Wildman–Crippen MR) is 92.2 cm³/mol. The van der Waals surface area contributed by atoms with E-state index in [9.17, 15) is 22.0 Å².